The third-order valence-corrected chi connectivity index (χ3v) is 3.94. The highest BCUT2D eigenvalue weighted by atomic mass is 16.5. The Labute approximate surface area is 158 Å². The zero-order chi connectivity index (χ0) is 19.1. The van der Waals surface area contributed by atoms with Crippen LogP contribution in [0.25, 0.3) is 0 Å². The van der Waals surface area contributed by atoms with E-state index in [-0.39, 0.29) is 5.91 Å². The van der Waals surface area contributed by atoms with Crippen LogP contribution in [0.3, 0.4) is 0 Å². The van der Waals surface area contributed by atoms with Gasteiger partial charge in [-0.3, -0.25) is 4.79 Å². The van der Waals surface area contributed by atoms with Gasteiger partial charge in [-0.05, 0) is 24.6 Å². The number of aromatic nitrogens is 2. The molecule has 0 saturated carbocycles. The van der Waals surface area contributed by atoms with Crippen LogP contribution in [0, 0.1) is 0 Å². The van der Waals surface area contributed by atoms with Crippen molar-refractivity contribution in [2.45, 2.75) is 13.5 Å². The quantitative estimate of drug-likeness (QED) is 0.691. The summed E-state index contributed by atoms with van der Waals surface area (Å²) in [6.45, 7) is 3.03. The predicted molar refractivity (Wildman–Crippen MR) is 105 cm³/mol. The summed E-state index contributed by atoms with van der Waals surface area (Å²) < 4.78 is 5.58. The molecule has 0 aliphatic carbocycles. The van der Waals surface area contributed by atoms with Crippen molar-refractivity contribution >= 4 is 17.5 Å². The standard InChI is InChI=1S/C21H22N4O2/c1-3-27-19-12-8-7-11-18(19)24-21-22-13-17(14-23-21)20(26)25(2)15-16-9-5-4-6-10-16/h4-14H,3,15H2,1-2H3,(H,22,23,24). The summed E-state index contributed by atoms with van der Waals surface area (Å²) in [6.07, 6.45) is 3.06. The molecular weight excluding hydrogens is 340 g/mol. The maximum atomic E-state index is 12.6. The van der Waals surface area contributed by atoms with E-state index in [1.54, 1.807) is 11.9 Å². The summed E-state index contributed by atoms with van der Waals surface area (Å²) in [7, 11) is 1.76. The lowest BCUT2D eigenvalue weighted by atomic mass is 10.2. The summed E-state index contributed by atoms with van der Waals surface area (Å²) in [5.41, 5.74) is 2.29. The van der Waals surface area contributed by atoms with Crippen molar-refractivity contribution in [3.8, 4) is 5.75 Å². The topological polar surface area (TPSA) is 67.3 Å². The molecule has 0 spiro atoms. The zero-order valence-electron chi connectivity index (χ0n) is 15.4. The van der Waals surface area contributed by atoms with Crippen LogP contribution in [-0.2, 0) is 6.54 Å². The molecule has 1 aromatic heterocycles. The van der Waals surface area contributed by atoms with Gasteiger partial charge in [0.25, 0.3) is 5.91 Å². The molecule has 2 aromatic carbocycles. The molecule has 0 unspecified atom stereocenters. The van der Waals surface area contributed by atoms with Crippen LogP contribution in [0.1, 0.15) is 22.8 Å². The Bertz CT molecular complexity index is 882. The average Bonchev–Trinajstić information content (AvgIpc) is 2.70. The van der Waals surface area contributed by atoms with Crippen LogP contribution >= 0.6 is 0 Å². The van der Waals surface area contributed by atoms with E-state index in [4.69, 9.17) is 4.74 Å². The Morgan fingerprint density at radius 1 is 1.04 bits per heavy atom. The number of rotatable bonds is 7. The van der Waals surface area contributed by atoms with E-state index in [1.165, 1.54) is 12.4 Å². The van der Waals surface area contributed by atoms with Crippen LogP contribution in [0.15, 0.2) is 67.0 Å². The second-order valence-corrected chi connectivity index (χ2v) is 6.00. The second-order valence-electron chi connectivity index (χ2n) is 6.00. The number of hydrogen-bond acceptors (Lipinski definition) is 5. The van der Waals surface area contributed by atoms with Gasteiger partial charge in [0.15, 0.2) is 0 Å². The van der Waals surface area contributed by atoms with E-state index in [9.17, 15) is 4.79 Å². The molecular formula is C21H22N4O2. The molecule has 0 atom stereocenters. The SMILES string of the molecule is CCOc1ccccc1Nc1ncc(C(=O)N(C)Cc2ccccc2)cn1. The molecule has 1 N–H and O–H groups in total. The first-order valence-corrected chi connectivity index (χ1v) is 8.77. The smallest absolute Gasteiger partial charge is 0.257 e. The first-order chi connectivity index (χ1) is 13.2. The number of nitrogens with zero attached hydrogens (tertiary/aromatic N) is 3. The number of para-hydroxylation sites is 2. The zero-order valence-corrected chi connectivity index (χ0v) is 15.4. The Morgan fingerprint density at radius 2 is 1.70 bits per heavy atom. The summed E-state index contributed by atoms with van der Waals surface area (Å²) >= 11 is 0. The Morgan fingerprint density at radius 3 is 2.41 bits per heavy atom. The van der Waals surface area contributed by atoms with Gasteiger partial charge in [-0.25, -0.2) is 9.97 Å². The molecule has 0 bridgehead atoms. The van der Waals surface area contributed by atoms with Crippen LogP contribution in [-0.4, -0.2) is 34.4 Å². The lowest BCUT2D eigenvalue weighted by molar-refractivity contribution is 0.0784. The van der Waals surface area contributed by atoms with Crippen molar-refractivity contribution in [1.29, 1.82) is 0 Å². The van der Waals surface area contributed by atoms with E-state index >= 15 is 0 Å². The van der Waals surface area contributed by atoms with Gasteiger partial charge in [-0.1, -0.05) is 42.5 Å². The summed E-state index contributed by atoms with van der Waals surface area (Å²) in [5.74, 6) is 1.01. The van der Waals surface area contributed by atoms with Gasteiger partial charge in [-0.15, -0.1) is 0 Å². The maximum absolute atomic E-state index is 12.6. The number of anilines is 2. The molecule has 0 aliphatic rings. The third kappa shape index (κ3) is 4.82. The van der Waals surface area contributed by atoms with Crippen molar-refractivity contribution in [2.75, 3.05) is 19.0 Å². The molecule has 0 aliphatic heterocycles. The van der Waals surface area contributed by atoms with Gasteiger partial charge in [0, 0.05) is 26.0 Å². The molecule has 3 rings (SSSR count). The summed E-state index contributed by atoms with van der Waals surface area (Å²) in [4.78, 5) is 22.7. The molecule has 0 fully saturated rings. The fourth-order valence-electron chi connectivity index (χ4n) is 2.62. The molecule has 1 heterocycles. The molecule has 27 heavy (non-hydrogen) atoms. The Hall–Kier alpha value is -3.41. The van der Waals surface area contributed by atoms with Crippen molar-refractivity contribution < 1.29 is 9.53 Å². The van der Waals surface area contributed by atoms with E-state index < -0.39 is 0 Å². The third-order valence-electron chi connectivity index (χ3n) is 3.94. The molecule has 0 radical (unpaired) electrons. The van der Waals surface area contributed by atoms with E-state index in [0.717, 1.165) is 17.0 Å². The maximum Gasteiger partial charge on any atom is 0.257 e. The van der Waals surface area contributed by atoms with Crippen LogP contribution in [0.5, 0.6) is 5.75 Å². The average molecular weight is 362 g/mol. The highest BCUT2D eigenvalue weighted by Gasteiger charge is 2.13. The number of hydrogen-bond donors (Lipinski definition) is 1. The van der Waals surface area contributed by atoms with Crippen molar-refractivity contribution in [3.63, 3.8) is 0 Å². The number of ether oxygens (including phenoxy) is 1. The van der Waals surface area contributed by atoms with Crippen LogP contribution < -0.4 is 10.1 Å². The first-order valence-electron chi connectivity index (χ1n) is 8.77. The Balaban J connectivity index is 1.67. The molecule has 3 aromatic rings. The van der Waals surface area contributed by atoms with Gasteiger partial charge < -0.3 is 15.0 Å². The predicted octanol–water partition coefficient (Wildman–Crippen LogP) is 3.89. The van der Waals surface area contributed by atoms with Crippen LogP contribution in [0.4, 0.5) is 11.6 Å². The minimum atomic E-state index is -0.125. The lowest BCUT2D eigenvalue weighted by Gasteiger charge is -2.17. The number of carbonyl (C=O) groups is 1. The van der Waals surface area contributed by atoms with Gasteiger partial charge in [-0.2, -0.15) is 0 Å². The van der Waals surface area contributed by atoms with E-state index in [1.807, 2.05) is 61.5 Å². The minimum absolute atomic E-state index is 0.125. The van der Waals surface area contributed by atoms with Gasteiger partial charge in [0.1, 0.15) is 5.75 Å². The van der Waals surface area contributed by atoms with Gasteiger partial charge >= 0.3 is 0 Å². The number of benzene rings is 2. The Kier molecular flexibility index (Phi) is 5.99. The van der Waals surface area contributed by atoms with Crippen molar-refractivity contribution in [2.24, 2.45) is 0 Å². The number of nitrogens with one attached hydrogen (secondary N) is 1. The second kappa shape index (κ2) is 8.80. The lowest BCUT2D eigenvalue weighted by Crippen LogP contribution is -2.26. The monoisotopic (exact) mass is 362 g/mol. The highest BCUT2D eigenvalue weighted by Crippen LogP contribution is 2.25. The largest absolute Gasteiger partial charge is 0.492 e. The summed E-state index contributed by atoms with van der Waals surface area (Å²) in [6, 6.07) is 17.4. The first kappa shape index (κ1) is 18.4. The minimum Gasteiger partial charge on any atom is -0.492 e. The number of amides is 1. The molecule has 0 saturated heterocycles. The highest BCUT2D eigenvalue weighted by molar-refractivity contribution is 5.93. The summed E-state index contributed by atoms with van der Waals surface area (Å²) in [5, 5.41) is 3.12. The van der Waals surface area contributed by atoms with Gasteiger partial charge in [0.2, 0.25) is 5.95 Å². The molecule has 6 nitrogen and oxygen atoms in total. The fraction of sp³-hybridized carbons (Fsp3) is 0.190. The fourth-order valence-corrected chi connectivity index (χ4v) is 2.62. The van der Waals surface area contributed by atoms with E-state index in [0.29, 0.717) is 24.7 Å². The van der Waals surface area contributed by atoms with Crippen LogP contribution in [0.2, 0.25) is 0 Å². The van der Waals surface area contributed by atoms with Crippen molar-refractivity contribution in [3.05, 3.63) is 78.1 Å². The van der Waals surface area contributed by atoms with Gasteiger partial charge in [0.05, 0.1) is 17.9 Å². The molecule has 1 amide bonds. The van der Waals surface area contributed by atoms with E-state index in [2.05, 4.69) is 15.3 Å². The number of carbonyl (C=O) groups excluding carboxylic acids is 1. The normalized spacial score (nSPS) is 10.3. The van der Waals surface area contributed by atoms with Crippen molar-refractivity contribution in [1.82, 2.24) is 14.9 Å². The molecule has 138 valence electrons. The molecule has 6 heteroatoms.